The molecule has 0 aliphatic rings. The van der Waals surface area contributed by atoms with Gasteiger partial charge in [-0.25, -0.2) is 4.39 Å². The van der Waals surface area contributed by atoms with E-state index in [1.807, 2.05) is 0 Å². The Morgan fingerprint density at radius 3 is 1.73 bits per heavy atom. The predicted octanol–water partition coefficient (Wildman–Crippen LogP) is 2.21. The molecule has 0 bridgehead atoms. The number of halogens is 3. The summed E-state index contributed by atoms with van der Waals surface area (Å²) >= 11 is 0. The van der Waals surface area contributed by atoms with Gasteiger partial charge >= 0.3 is 5.92 Å². The van der Waals surface area contributed by atoms with Crippen LogP contribution in [0.25, 0.3) is 0 Å². The van der Waals surface area contributed by atoms with E-state index in [4.69, 9.17) is 0 Å². The van der Waals surface area contributed by atoms with Crippen LogP contribution in [-0.4, -0.2) is 18.4 Å². The Balaban J connectivity index is 4.50. The molecule has 11 heavy (non-hydrogen) atoms. The average molecular weight is 168 g/mol. The molecule has 0 heterocycles. The first-order valence-electron chi connectivity index (χ1n) is 3.20. The summed E-state index contributed by atoms with van der Waals surface area (Å²) in [5, 5.41) is 0. The number of carbonyl (C=O) groups excluding carboxylic acids is 1. The maximum Gasteiger partial charge on any atom is 0.333 e. The summed E-state index contributed by atoms with van der Waals surface area (Å²) in [6, 6.07) is 0. The van der Waals surface area contributed by atoms with E-state index in [0.717, 1.165) is 0 Å². The fourth-order valence-electron chi connectivity index (χ4n) is 0.609. The Bertz CT molecular complexity index is 158. The van der Waals surface area contributed by atoms with Crippen molar-refractivity contribution in [2.45, 2.75) is 26.7 Å². The van der Waals surface area contributed by atoms with Crippen molar-refractivity contribution in [2.24, 2.45) is 5.41 Å². The van der Waals surface area contributed by atoms with Gasteiger partial charge in [-0.05, 0) is 0 Å². The van der Waals surface area contributed by atoms with Gasteiger partial charge in [0.15, 0.2) is 6.67 Å². The zero-order valence-corrected chi connectivity index (χ0v) is 6.75. The van der Waals surface area contributed by atoms with Gasteiger partial charge in [-0.3, -0.25) is 4.79 Å². The Morgan fingerprint density at radius 2 is 1.64 bits per heavy atom. The van der Waals surface area contributed by atoms with E-state index in [9.17, 15) is 18.0 Å². The van der Waals surface area contributed by atoms with Crippen LogP contribution in [-0.2, 0) is 4.79 Å². The van der Waals surface area contributed by atoms with E-state index < -0.39 is 23.8 Å². The van der Waals surface area contributed by atoms with Crippen molar-refractivity contribution in [2.75, 3.05) is 6.67 Å². The van der Waals surface area contributed by atoms with Gasteiger partial charge in [0.2, 0.25) is 5.78 Å². The second-order valence-corrected chi connectivity index (χ2v) is 3.42. The lowest BCUT2D eigenvalue weighted by atomic mass is 9.87. The lowest BCUT2D eigenvalue weighted by molar-refractivity contribution is -0.153. The maximum atomic E-state index is 12.3. The minimum absolute atomic E-state index is 1.18. The fraction of sp³-hybridized carbons (Fsp3) is 0.857. The average Bonchev–Trinajstić information content (AvgIpc) is 1.84. The fourth-order valence-corrected chi connectivity index (χ4v) is 0.609. The Labute approximate surface area is 63.6 Å². The number of hydrogen-bond acceptors (Lipinski definition) is 1. The van der Waals surface area contributed by atoms with E-state index in [1.165, 1.54) is 20.8 Å². The highest BCUT2D eigenvalue weighted by atomic mass is 19.3. The molecule has 0 radical (unpaired) electrons. The topological polar surface area (TPSA) is 17.1 Å². The minimum Gasteiger partial charge on any atom is -0.292 e. The molecule has 0 unspecified atom stereocenters. The second-order valence-electron chi connectivity index (χ2n) is 3.42. The number of ketones is 1. The largest absolute Gasteiger partial charge is 0.333 e. The molecule has 0 spiro atoms. The summed E-state index contributed by atoms with van der Waals surface area (Å²) in [6.07, 6.45) is 0. The summed E-state index contributed by atoms with van der Waals surface area (Å²) in [4.78, 5) is 10.7. The molecular weight excluding hydrogens is 157 g/mol. The van der Waals surface area contributed by atoms with Crippen molar-refractivity contribution in [3.63, 3.8) is 0 Å². The molecule has 0 atom stereocenters. The monoisotopic (exact) mass is 168 g/mol. The summed E-state index contributed by atoms with van der Waals surface area (Å²) in [5.41, 5.74) is -1.18. The lowest BCUT2D eigenvalue weighted by Gasteiger charge is -2.21. The standard InChI is InChI=1S/C7H11F3O/c1-6(2,3)5(11)7(9,10)4-8/h4H2,1-3H3. The van der Waals surface area contributed by atoms with Gasteiger partial charge in [0.1, 0.15) is 0 Å². The number of carbonyl (C=O) groups is 1. The van der Waals surface area contributed by atoms with Crippen LogP contribution in [0.15, 0.2) is 0 Å². The molecule has 0 saturated carbocycles. The third kappa shape index (κ3) is 2.52. The van der Waals surface area contributed by atoms with Gasteiger partial charge in [-0.1, -0.05) is 20.8 Å². The molecule has 0 aromatic heterocycles. The van der Waals surface area contributed by atoms with Crippen LogP contribution >= 0.6 is 0 Å². The third-order valence-corrected chi connectivity index (χ3v) is 1.18. The summed E-state index contributed by atoms with van der Waals surface area (Å²) in [6.45, 7) is 2.08. The third-order valence-electron chi connectivity index (χ3n) is 1.18. The van der Waals surface area contributed by atoms with Crippen molar-refractivity contribution in [3.8, 4) is 0 Å². The van der Waals surface area contributed by atoms with Gasteiger partial charge in [-0.15, -0.1) is 0 Å². The quantitative estimate of drug-likeness (QED) is 0.617. The van der Waals surface area contributed by atoms with Crippen LogP contribution in [0, 0.1) is 5.41 Å². The number of alkyl halides is 3. The maximum absolute atomic E-state index is 12.3. The number of rotatable bonds is 2. The van der Waals surface area contributed by atoms with Crippen molar-refractivity contribution >= 4 is 5.78 Å². The molecule has 0 aliphatic carbocycles. The van der Waals surface area contributed by atoms with Gasteiger partial charge in [0, 0.05) is 5.41 Å². The van der Waals surface area contributed by atoms with Crippen LogP contribution < -0.4 is 0 Å². The molecule has 0 saturated heterocycles. The highest BCUT2D eigenvalue weighted by Gasteiger charge is 2.44. The van der Waals surface area contributed by atoms with Gasteiger partial charge in [0.25, 0.3) is 0 Å². The van der Waals surface area contributed by atoms with Crippen molar-refractivity contribution < 1.29 is 18.0 Å². The second kappa shape index (κ2) is 2.83. The van der Waals surface area contributed by atoms with Crippen LogP contribution in [0.2, 0.25) is 0 Å². The summed E-state index contributed by atoms with van der Waals surface area (Å²) < 4.78 is 36.2. The van der Waals surface area contributed by atoms with E-state index in [0.29, 0.717) is 0 Å². The van der Waals surface area contributed by atoms with Crippen molar-refractivity contribution in [3.05, 3.63) is 0 Å². The molecule has 0 aromatic rings. The first-order valence-corrected chi connectivity index (χ1v) is 3.20. The highest BCUT2D eigenvalue weighted by molar-refractivity contribution is 5.90. The van der Waals surface area contributed by atoms with E-state index >= 15 is 0 Å². The van der Waals surface area contributed by atoms with E-state index in [-0.39, 0.29) is 0 Å². The molecule has 0 N–H and O–H groups in total. The molecule has 0 fully saturated rings. The Kier molecular flexibility index (Phi) is 2.69. The molecule has 0 aromatic carbocycles. The van der Waals surface area contributed by atoms with E-state index in [1.54, 1.807) is 0 Å². The van der Waals surface area contributed by atoms with Crippen molar-refractivity contribution in [1.82, 2.24) is 0 Å². The SMILES string of the molecule is CC(C)(C)C(=O)C(F)(F)CF. The minimum atomic E-state index is -3.82. The van der Waals surface area contributed by atoms with Crippen molar-refractivity contribution in [1.29, 1.82) is 0 Å². The molecular formula is C7H11F3O. The summed E-state index contributed by atoms with van der Waals surface area (Å²) in [5.74, 6) is -5.18. The van der Waals surface area contributed by atoms with Gasteiger partial charge in [0.05, 0.1) is 0 Å². The molecule has 66 valence electrons. The van der Waals surface area contributed by atoms with Crippen LogP contribution in [0.5, 0.6) is 0 Å². The Hall–Kier alpha value is -0.540. The molecule has 1 nitrogen and oxygen atoms in total. The predicted molar refractivity (Wildman–Crippen MR) is 35.4 cm³/mol. The van der Waals surface area contributed by atoms with Gasteiger partial charge < -0.3 is 0 Å². The molecule has 0 rings (SSSR count). The molecule has 0 aliphatic heterocycles. The van der Waals surface area contributed by atoms with Gasteiger partial charge in [-0.2, -0.15) is 8.78 Å². The Morgan fingerprint density at radius 1 is 1.27 bits per heavy atom. The first kappa shape index (κ1) is 10.5. The zero-order chi connectivity index (χ0) is 9.28. The summed E-state index contributed by atoms with van der Waals surface area (Å²) in [7, 11) is 0. The molecule has 4 heteroatoms. The van der Waals surface area contributed by atoms with Crippen LogP contribution in [0.3, 0.4) is 0 Å². The normalized spacial score (nSPS) is 13.3. The smallest absolute Gasteiger partial charge is 0.292 e. The lowest BCUT2D eigenvalue weighted by Crippen LogP contribution is -2.39. The first-order chi connectivity index (χ1) is 4.72. The number of Topliss-reactive ketones (excluding diaryl/α,β-unsaturated/α-hetero) is 1. The van der Waals surface area contributed by atoms with Crippen LogP contribution in [0.4, 0.5) is 13.2 Å². The molecule has 0 amide bonds. The van der Waals surface area contributed by atoms with E-state index in [2.05, 4.69) is 0 Å². The zero-order valence-electron chi connectivity index (χ0n) is 6.75. The highest BCUT2D eigenvalue weighted by Crippen LogP contribution is 2.27. The number of hydrogen-bond donors (Lipinski definition) is 0. The van der Waals surface area contributed by atoms with Crippen LogP contribution in [0.1, 0.15) is 20.8 Å².